The van der Waals surface area contributed by atoms with E-state index < -0.39 is 0 Å². The lowest BCUT2D eigenvalue weighted by Gasteiger charge is -2.32. The van der Waals surface area contributed by atoms with Gasteiger partial charge in [-0.3, -0.25) is 4.79 Å². The van der Waals surface area contributed by atoms with Crippen molar-refractivity contribution in [3.05, 3.63) is 11.8 Å². The zero-order valence-corrected chi connectivity index (χ0v) is 8.99. The molecular formula is C10H15N5O. The monoisotopic (exact) mass is 221 g/mol. The van der Waals surface area contributed by atoms with E-state index >= 15 is 0 Å². The van der Waals surface area contributed by atoms with Crippen molar-refractivity contribution in [1.82, 2.24) is 20.9 Å². The average molecular weight is 221 g/mol. The van der Waals surface area contributed by atoms with Crippen molar-refractivity contribution in [2.24, 2.45) is 4.99 Å². The van der Waals surface area contributed by atoms with Crippen LogP contribution in [0.4, 0.5) is 0 Å². The maximum absolute atomic E-state index is 11.2. The van der Waals surface area contributed by atoms with E-state index in [-0.39, 0.29) is 12.1 Å². The molecule has 1 amide bonds. The van der Waals surface area contributed by atoms with Crippen LogP contribution in [0.15, 0.2) is 16.8 Å². The van der Waals surface area contributed by atoms with Crippen LogP contribution in [0.1, 0.15) is 6.42 Å². The zero-order valence-electron chi connectivity index (χ0n) is 8.99. The standard InChI is InChI=1S/C10H15N5O/c16-8-5-7-6-12-10(14-9(7)13-8)15-3-1-11-2-4-15/h6,9,11H,1-5H2,(H,12,14)(H,13,16). The highest BCUT2D eigenvalue weighted by atomic mass is 16.2. The van der Waals surface area contributed by atoms with Crippen LogP contribution in [0, 0.1) is 0 Å². The zero-order chi connectivity index (χ0) is 11.0. The predicted molar refractivity (Wildman–Crippen MR) is 59.6 cm³/mol. The Hall–Kier alpha value is -1.56. The van der Waals surface area contributed by atoms with Crippen molar-refractivity contribution >= 4 is 11.9 Å². The maximum atomic E-state index is 11.2. The topological polar surface area (TPSA) is 68.8 Å². The van der Waals surface area contributed by atoms with Gasteiger partial charge in [0.1, 0.15) is 6.17 Å². The molecule has 3 N–H and O–H groups in total. The second kappa shape index (κ2) is 3.79. The number of hydrogen-bond acceptors (Lipinski definition) is 5. The Morgan fingerprint density at radius 3 is 3.00 bits per heavy atom. The molecule has 1 atom stereocenters. The highest BCUT2D eigenvalue weighted by Gasteiger charge is 2.30. The molecule has 86 valence electrons. The van der Waals surface area contributed by atoms with E-state index in [1.807, 2.05) is 6.20 Å². The number of carbonyl (C=O) groups is 1. The molecular weight excluding hydrogens is 206 g/mol. The minimum Gasteiger partial charge on any atom is -0.340 e. The van der Waals surface area contributed by atoms with Gasteiger partial charge < -0.3 is 20.9 Å². The fourth-order valence-electron chi connectivity index (χ4n) is 2.19. The summed E-state index contributed by atoms with van der Waals surface area (Å²) in [6.07, 6.45) is 2.24. The van der Waals surface area contributed by atoms with E-state index in [1.54, 1.807) is 0 Å². The smallest absolute Gasteiger partial charge is 0.226 e. The van der Waals surface area contributed by atoms with Crippen molar-refractivity contribution in [1.29, 1.82) is 0 Å². The molecule has 0 aromatic rings. The average Bonchev–Trinajstić information content (AvgIpc) is 2.69. The van der Waals surface area contributed by atoms with Gasteiger partial charge in [0.05, 0.1) is 6.42 Å². The molecule has 0 radical (unpaired) electrons. The number of amides is 1. The van der Waals surface area contributed by atoms with E-state index in [0.717, 1.165) is 37.7 Å². The predicted octanol–water partition coefficient (Wildman–Crippen LogP) is -1.42. The molecule has 6 nitrogen and oxygen atoms in total. The molecule has 0 aromatic heterocycles. The van der Waals surface area contributed by atoms with Gasteiger partial charge >= 0.3 is 0 Å². The normalized spacial score (nSPS) is 28.9. The van der Waals surface area contributed by atoms with Crippen LogP contribution in [0.25, 0.3) is 0 Å². The summed E-state index contributed by atoms with van der Waals surface area (Å²) in [7, 11) is 0. The number of nitrogens with one attached hydrogen (secondary N) is 3. The second-order valence-electron chi connectivity index (χ2n) is 4.20. The minimum absolute atomic E-state index is 0.0587. The molecule has 2 fully saturated rings. The number of hydrogen-bond donors (Lipinski definition) is 3. The Morgan fingerprint density at radius 2 is 2.19 bits per heavy atom. The first-order chi connectivity index (χ1) is 7.83. The van der Waals surface area contributed by atoms with Crippen molar-refractivity contribution in [2.75, 3.05) is 26.2 Å². The van der Waals surface area contributed by atoms with E-state index in [0.29, 0.717) is 6.42 Å². The fourth-order valence-corrected chi connectivity index (χ4v) is 2.19. The lowest BCUT2D eigenvalue weighted by Crippen LogP contribution is -2.51. The number of guanidine groups is 1. The third-order valence-electron chi connectivity index (χ3n) is 3.07. The summed E-state index contributed by atoms with van der Waals surface area (Å²) in [6.45, 7) is 3.87. The van der Waals surface area contributed by atoms with Crippen LogP contribution < -0.4 is 16.0 Å². The molecule has 3 heterocycles. The van der Waals surface area contributed by atoms with Gasteiger partial charge in [0.25, 0.3) is 0 Å². The quantitative estimate of drug-likeness (QED) is 0.469. The summed E-state index contributed by atoms with van der Waals surface area (Å²) >= 11 is 0. The van der Waals surface area contributed by atoms with Gasteiger partial charge in [-0.15, -0.1) is 0 Å². The van der Waals surface area contributed by atoms with Crippen LogP contribution in [-0.4, -0.2) is 49.1 Å². The van der Waals surface area contributed by atoms with E-state index in [2.05, 4.69) is 25.8 Å². The molecule has 1 unspecified atom stereocenters. The number of fused-ring (bicyclic) bond motifs is 1. The number of piperazine rings is 1. The third kappa shape index (κ3) is 1.65. The molecule has 3 aliphatic heterocycles. The highest BCUT2D eigenvalue weighted by molar-refractivity contribution is 5.88. The SMILES string of the molecule is O=C1CC2=CNC(N3CCNCC3)=NC2N1. The van der Waals surface area contributed by atoms with Crippen molar-refractivity contribution in [3.63, 3.8) is 0 Å². The van der Waals surface area contributed by atoms with Gasteiger partial charge in [-0.2, -0.15) is 0 Å². The first-order valence-electron chi connectivity index (χ1n) is 5.61. The number of nitrogens with zero attached hydrogens (tertiary/aromatic N) is 2. The third-order valence-corrected chi connectivity index (χ3v) is 3.07. The molecule has 0 aliphatic carbocycles. The van der Waals surface area contributed by atoms with Gasteiger partial charge in [0, 0.05) is 32.4 Å². The van der Waals surface area contributed by atoms with Gasteiger partial charge in [0.15, 0.2) is 5.96 Å². The number of rotatable bonds is 0. The van der Waals surface area contributed by atoms with E-state index in [9.17, 15) is 4.79 Å². The van der Waals surface area contributed by atoms with Crippen LogP contribution in [-0.2, 0) is 4.79 Å². The summed E-state index contributed by atoms with van der Waals surface area (Å²) in [5, 5.41) is 9.32. The highest BCUT2D eigenvalue weighted by Crippen LogP contribution is 2.18. The van der Waals surface area contributed by atoms with Gasteiger partial charge in [-0.1, -0.05) is 0 Å². The molecule has 0 saturated carbocycles. The van der Waals surface area contributed by atoms with Gasteiger partial charge in [-0.25, -0.2) is 4.99 Å². The van der Waals surface area contributed by atoms with Crippen LogP contribution in [0.3, 0.4) is 0 Å². The first kappa shape index (κ1) is 9.65. The summed E-state index contributed by atoms with van der Waals surface area (Å²) in [4.78, 5) is 17.9. The van der Waals surface area contributed by atoms with Crippen LogP contribution >= 0.6 is 0 Å². The second-order valence-corrected chi connectivity index (χ2v) is 4.20. The lowest BCUT2D eigenvalue weighted by molar-refractivity contribution is -0.119. The fraction of sp³-hybridized carbons (Fsp3) is 0.600. The summed E-state index contributed by atoms with van der Waals surface area (Å²) in [6, 6.07) is 0. The van der Waals surface area contributed by atoms with Gasteiger partial charge in [0.2, 0.25) is 5.91 Å². The first-order valence-corrected chi connectivity index (χ1v) is 5.61. The minimum atomic E-state index is -0.140. The Balaban J connectivity index is 1.74. The largest absolute Gasteiger partial charge is 0.340 e. The Kier molecular flexibility index (Phi) is 2.28. The lowest BCUT2D eigenvalue weighted by atomic mass is 10.2. The van der Waals surface area contributed by atoms with Gasteiger partial charge in [-0.05, 0) is 5.57 Å². The summed E-state index contributed by atoms with van der Waals surface area (Å²) in [5.41, 5.74) is 1.03. The maximum Gasteiger partial charge on any atom is 0.226 e. The molecule has 3 rings (SSSR count). The number of aliphatic imine (C=N–C) groups is 1. The van der Waals surface area contributed by atoms with Crippen LogP contribution in [0.2, 0.25) is 0 Å². The van der Waals surface area contributed by atoms with E-state index in [4.69, 9.17) is 0 Å². The molecule has 6 heteroatoms. The molecule has 0 aromatic carbocycles. The molecule has 3 aliphatic rings. The Morgan fingerprint density at radius 1 is 1.38 bits per heavy atom. The Labute approximate surface area is 93.8 Å². The molecule has 0 spiro atoms. The molecule has 16 heavy (non-hydrogen) atoms. The molecule has 0 bridgehead atoms. The summed E-state index contributed by atoms with van der Waals surface area (Å²) < 4.78 is 0. The van der Waals surface area contributed by atoms with Crippen molar-refractivity contribution in [3.8, 4) is 0 Å². The number of carbonyl (C=O) groups excluding carboxylic acids is 1. The van der Waals surface area contributed by atoms with E-state index in [1.165, 1.54) is 0 Å². The van der Waals surface area contributed by atoms with Crippen molar-refractivity contribution in [2.45, 2.75) is 12.6 Å². The van der Waals surface area contributed by atoms with Crippen molar-refractivity contribution < 1.29 is 4.79 Å². The summed E-state index contributed by atoms with van der Waals surface area (Å²) in [5.74, 6) is 0.931. The Bertz CT molecular complexity index is 369. The molecule has 2 saturated heterocycles. The van der Waals surface area contributed by atoms with Crippen LogP contribution in [0.5, 0.6) is 0 Å².